The quantitative estimate of drug-likeness (QED) is 0.410. The number of nitrogens with one attached hydrogen (secondary N) is 1. The number of benzene rings is 1. The molecule has 0 aliphatic rings. The lowest BCUT2D eigenvalue weighted by atomic mass is 9.95. The molecule has 0 saturated heterocycles. The molecule has 1 aromatic rings. The Bertz CT molecular complexity index is 796. The van der Waals surface area contributed by atoms with E-state index in [1.165, 1.54) is 5.56 Å². The van der Waals surface area contributed by atoms with Gasteiger partial charge in [0.2, 0.25) is 5.91 Å². The summed E-state index contributed by atoms with van der Waals surface area (Å²) in [6.07, 6.45) is 6.15. The van der Waals surface area contributed by atoms with Crippen LogP contribution in [0.15, 0.2) is 60.2 Å². The second kappa shape index (κ2) is 10.7. The predicted octanol–water partition coefficient (Wildman–Crippen LogP) is 4.71. The third-order valence-electron chi connectivity index (χ3n) is 4.88. The van der Waals surface area contributed by atoms with Crippen molar-refractivity contribution in [3.05, 3.63) is 71.3 Å². The van der Waals surface area contributed by atoms with Gasteiger partial charge in [-0.25, -0.2) is 0 Å². The first-order valence-corrected chi connectivity index (χ1v) is 9.74. The molecule has 1 amide bonds. The summed E-state index contributed by atoms with van der Waals surface area (Å²) in [7, 11) is 0. The minimum Gasteiger partial charge on any atom is -0.388 e. The molecule has 0 aromatic heterocycles. The van der Waals surface area contributed by atoms with E-state index in [2.05, 4.69) is 23.7 Å². The van der Waals surface area contributed by atoms with Crippen molar-refractivity contribution in [1.29, 1.82) is 0 Å². The third-order valence-corrected chi connectivity index (χ3v) is 4.88. The van der Waals surface area contributed by atoms with Gasteiger partial charge in [-0.2, -0.15) is 0 Å². The molecule has 1 aromatic carbocycles. The fourth-order valence-corrected chi connectivity index (χ4v) is 2.26. The molecular weight excluding hydrogens is 346 g/mol. The molecule has 0 aliphatic heterocycles. The zero-order valence-electron chi connectivity index (χ0n) is 18.0. The highest BCUT2D eigenvalue weighted by atomic mass is 16.3. The normalized spacial score (nSPS) is 14.5. The summed E-state index contributed by atoms with van der Waals surface area (Å²) < 4.78 is 0. The van der Waals surface area contributed by atoms with Gasteiger partial charge in [-0.3, -0.25) is 4.79 Å². The van der Waals surface area contributed by atoms with Gasteiger partial charge in [0.15, 0.2) is 0 Å². The van der Waals surface area contributed by atoms with E-state index in [-0.39, 0.29) is 17.9 Å². The summed E-state index contributed by atoms with van der Waals surface area (Å²) in [5.41, 5.74) is 2.54. The summed E-state index contributed by atoms with van der Waals surface area (Å²) in [6.45, 7) is 15.1. The minimum atomic E-state index is -0.988. The van der Waals surface area contributed by atoms with Crippen molar-refractivity contribution in [2.45, 2.75) is 59.6 Å². The fraction of sp³-hybridized carbons (Fsp3) is 0.400. The lowest BCUT2D eigenvalue weighted by Crippen LogP contribution is -2.48. The van der Waals surface area contributed by atoms with Crippen LogP contribution in [0, 0.1) is 24.7 Å². The lowest BCUT2D eigenvalue weighted by Gasteiger charge is -2.27. The van der Waals surface area contributed by atoms with Crippen LogP contribution in [0.2, 0.25) is 0 Å². The zero-order valence-corrected chi connectivity index (χ0v) is 18.0. The second-order valence-electron chi connectivity index (χ2n) is 7.72. The third kappa shape index (κ3) is 7.58. The molecule has 0 heterocycles. The van der Waals surface area contributed by atoms with Gasteiger partial charge in [0.25, 0.3) is 0 Å². The number of rotatable bonds is 7. The van der Waals surface area contributed by atoms with Crippen LogP contribution in [0.1, 0.15) is 52.2 Å². The van der Waals surface area contributed by atoms with Crippen molar-refractivity contribution in [2.75, 3.05) is 0 Å². The van der Waals surface area contributed by atoms with Gasteiger partial charge in [-0.05, 0) is 58.2 Å². The van der Waals surface area contributed by atoms with Crippen molar-refractivity contribution in [1.82, 2.24) is 5.32 Å². The van der Waals surface area contributed by atoms with Crippen molar-refractivity contribution in [3.63, 3.8) is 0 Å². The number of carbonyl (C=O) groups is 1. The number of hydrogen-bond donors (Lipinski definition) is 2. The maximum absolute atomic E-state index is 12.7. The van der Waals surface area contributed by atoms with Gasteiger partial charge in [0, 0.05) is 16.7 Å². The highest BCUT2D eigenvalue weighted by Crippen LogP contribution is 2.17. The Morgan fingerprint density at radius 1 is 1.25 bits per heavy atom. The molecular formula is C25H33NO2. The summed E-state index contributed by atoms with van der Waals surface area (Å²) in [6, 6.07) is 7.65. The van der Waals surface area contributed by atoms with Crippen LogP contribution in [0.4, 0.5) is 0 Å². The monoisotopic (exact) mass is 379 g/mol. The van der Waals surface area contributed by atoms with Gasteiger partial charge in [-0.1, -0.05) is 62.1 Å². The molecule has 2 atom stereocenters. The number of allylic oxidation sites excluding steroid dienone is 4. The largest absolute Gasteiger partial charge is 0.388 e. The number of aliphatic hydroxyl groups is 1. The summed E-state index contributed by atoms with van der Waals surface area (Å²) >= 11 is 0. The van der Waals surface area contributed by atoms with Crippen LogP contribution in [-0.4, -0.2) is 22.7 Å². The molecule has 0 saturated carbocycles. The number of hydrogen-bond acceptors (Lipinski definition) is 2. The standard InChI is InChI=1S/C25H33NO2/c1-8-19(4)23(24(27)26-20(5)25(6,7)28)17-16-21(9-2)14-15-22-12-10-18(3)11-13-22/h9-13,16-17,19-20,28H,2,8H2,1,3-7H3,(H,26,27). The minimum absolute atomic E-state index is 0.0846. The van der Waals surface area contributed by atoms with Crippen LogP contribution in [-0.2, 0) is 4.79 Å². The van der Waals surface area contributed by atoms with Gasteiger partial charge in [-0.15, -0.1) is 0 Å². The number of aryl methyl sites for hydroxylation is 1. The molecule has 3 nitrogen and oxygen atoms in total. The maximum Gasteiger partial charge on any atom is 0.247 e. The van der Waals surface area contributed by atoms with Crippen LogP contribution in [0.5, 0.6) is 0 Å². The van der Waals surface area contributed by atoms with E-state index in [1.807, 2.05) is 51.1 Å². The van der Waals surface area contributed by atoms with Crippen LogP contribution in [0.3, 0.4) is 0 Å². The first-order valence-electron chi connectivity index (χ1n) is 9.74. The van der Waals surface area contributed by atoms with Gasteiger partial charge in [0.1, 0.15) is 0 Å². The fourth-order valence-electron chi connectivity index (χ4n) is 2.26. The van der Waals surface area contributed by atoms with E-state index in [0.29, 0.717) is 5.57 Å². The molecule has 2 N–H and O–H groups in total. The number of carbonyl (C=O) groups excluding carboxylic acids is 1. The zero-order chi connectivity index (χ0) is 21.3. The van der Waals surface area contributed by atoms with E-state index >= 15 is 0 Å². The van der Waals surface area contributed by atoms with Crippen LogP contribution >= 0.6 is 0 Å². The van der Waals surface area contributed by atoms with E-state index in [0.717, 1.165) is 17.6 Å². The Kier molecular flexibility index (Phi) is 8.96. The molecule has 28 heavy (non-hydrogen) atoms. The summed E-state index contributed by atoms with van der Waals surface area (Å²) in [5, 5.41) is 13.0. The molecule has 0 fully saturated rings. The Morgan fingerprint density at radius 2 is 1.86 bits per heavy atom. The van der Waals surface area contributed by atoms with Crippen molar-refractivity contribution in [3.8, 4) is 11.8 Å². The Morgan fingerprint density at radius 3 is 2.36 bits per heavy atom. The molecule has 0 aliphatic carbocycles. The molecule has 3 heteroatoms. The van der Waals surface area contributed by atoms with Crippen molar-refractivity contribution < 1.29 is 9.90 Å². The highest BCUT2D eigenvalue weighted by Gasteiger charge is 2.25. The lowest BCUT2D eigenvalue weighted by molar-refractivity contribution is -0.120. The smallest absolute Gasteiger partial charge is 0.247 e. The summed E-state index contributed by atoms with van der Waals surface area (Å²) in [5.74, 6) is 6.13. The van der Waals surface area contributed by atoms with Gasteiger partial charge in [0.05, 0.1) is 11.6 Å². The highest BCUT2D eigenvalue weighted by molar-refractivity contribution is 5.94. The Balaban J connectivity index is 3.10. The second-order valence-corrected chi connectivity index (χ2v) is 7.72. The van der Waals surface area contributed by atoms with E-state index in [9.17, 15) is 9.90 Å². The Hall–Kier alpha value is -2.57. The molecule has 0 radical (unpaired) electrons. The first-order chi connectivity index (χ1) is 13.1. The van der Waals surface area contributed by atoms with Crippen LogP contribution in [0.25, 0.3) is 0 Å². The number of amides is 1. The molecule has 150 valence electrons. The molecule has 2 unspecified atom stereocenters. The molecule has 0 bridgehead atoms. The van der Waals surface area contributed by atoms with E-state index in [1.54, 1.807) is 32.9 Å². The SMILES string of the molecule is C=CC(C#Cc1ccc(C)cc1)=CC=C(C(=O)NC(C)C(C)(C)O)C(C)CC. The average Bonchev–Trinajstić information content (AvgIpc) is 2.64. The van der Waals surface area contributed by atoms with E-state index < -0.39 is 5.60 Å². The first kappa shape index (κ1) is 23.5. The van der Waals surface area contributed by atoms with Gasteiger partial charge >= 0.3 is 0 Å². The maximum atomic E-state index is 12.7. The summed E-state index contributed by atoms with van der Waals surface area (Å²) in [4.78, 5) is 12.7. The van der Waals surface area contributed by atoms with Crippen molar-refractivity contribution >= 4 is 5.91 Å². The van der Waals surface area contributed by atoms with Crippen LogP contribution < -0.4 is 5.32 Å². The molecule has 0 spiro atoms. The average molecular weight is 380 g/mol. The molecule has 1 rings (SSSR count). The van der Waals surface area contributed by atoms with Crippen molar-refractivity contribution in [2.24, 2.45) is 5.92 Å². The predicted molar refractivity (Wildman–Crippen MR) is 118 cm³/mol. The Labute approximate surface area is 170 Å². The topological polar surface area (TPSA) is 49.3 Å². The van der Waals surface area contributed by atoms with Gasteiger partial charge < -0.3 is 10.4 Å². The van der Waals surface area contributed by atoms with E-state index in [4.69, 9.17) is 0 Å².